The van der Waals surface area contributed by atoms with Crippen LogP contribution < -0.4 is 9.62 Å². The third kappa shape index (κ3) is 3.66. The zero-order chi connectivity index (χ0) is 15.5. The first-order valence-electron chi connectivity index (χ1n) is 7.00. The van der Waals surface area contributed by atoms with Crippen LogP contribution in [0.5, 0.6) is 0 Å². The Hall–Kier alpha value is -1.76. The molecule has 2 rings (SSSR count). The van der Waals surface area contributed by atoms with Crippen molar-refractivity contribution in [1.29, 1.82) is 0 Å². The second-order valence-corrected chi connectivity index (χ2v) is 7.19. The predicted molar refractivity (Wildman–Crippen MR) is 82.1 cm³/mol. The molecule has 0 spiro atoms. The number of carboxylic acid groups (broad SMARTS) is 1. The normalized spacial score (nSPS) is 17.3. The third-order valence-corrected chi connectivity index (χ3v) is 5.30. The van der Waals surface area contributed by atoms with Crippen LogP contribution in [0, 0.1) is 0 Å². The van der Waals surface area contributed by atoms with Crippen LogP contribution >= 0.6 is 0 Å². The molecule has 0 aromatic heterocycles. The van der Waals surface area contributed by atoms with Crippen molar-refractivity contribution in [3.05, 3.63) is 24.3 Å². The van der Waals surface area contributed by atoms with E-state index in [1.54, 1.807) is 12.1 Å². The van der Waals surface area contributed by atoms with Crippen molar-refractivity contribution in [3.63, 3.8) is 0 Å². The molecule has 0 amide bonds. The van der Waals surface area contributed by atoms with E-state index in [0.717, 1.165) is 38.5 Å². The van der Waals surface area contributed by atoms with Gasteiger partial charge >= 0.3 is 5.97 Å². The lowest BCUT2D eigenvalue weighted by Gasteiger charge is -2.30. The maximum atomic E-state index is 12.1. The SMILES string of the molecule is CC(C(=O)O)S(=O)(=O)Nc1ccccc1N1CCCCC1. The van der Waals surface area contributed by atoms with E-state index in [0.29, 0.717) is 5.69 Å². The number of carbonyl (C=O) groups is 1. The summed E-state index contributed by atoms with van der Waals surface area (Å²) in [6.07, 6.45) is 3.33. The summed E-state index contributed by atoms with van der Waals surface area (Å²) in [4.78, 5) is 13.0. The highest BCUT2D eigenvalue weighted by molar-refractivity contribution is 7.94. The molecular weight excluding hydrogens is 292 g/mol. The van der Waals surface area contributed by atoms with Gasteiger partial charge in [0, 0.05) is 13.1 Å². The zero-order valence-corrected chi connectivity index (χ0v) is 12.8. The fourth-order valence-electron chi connectivity index (χ4n) is 2.34. The number of nitrogens with zero attached hydrogens (tertiary/aromatic N) is 1. The quantitative estimate of drug-likeness (QED) is 0.867. The van der Waals surface area contributed by atoms with Gasteiger partial charge in [0.15, 0.2) is 5.25 Å². The molecule has 6 nitrogen and oxygen atoms in total. The summed E-state index contributed by atoms with van der Waals surface area (Å²) in [7, 11) is -3.95. The fourth-order valence-corrected chi connectivity index (χ4v) is 3.27. The first-order chi connectivity index (χ1) is 9.92. The number of sulfonamides is 1. The number of benzene rings is 1. The van der Waals surface area contributed by atoms with Crippen molar-refractivity contribution in [3.8, 4) is 0 Å². The molecule has 1 aromatic rings. The standard InChI is InChI=1S/C14H20N2O4S/c1-11(14(17)18)21(19,20)15-12-7-3-4-8-13(12)16-9-5-2-6-10-16/h3-4,7-8,11,15H,2,5-6,9-10H2,1H3,(H,17,18). The highest BCUT2D eigenvalue weighted by atomic mass is 32.2. The molecule has 1 fully saturated rings. The summed E-state index contributed by atoms with van der Waals surface area (Å²) in [5, 5.41) is 7.39. The molecule has 0 radical (unpaired) electrons. The average Bonchev–Trinajstić information content (AvgIpc) is 2.47. The van der Waals surface area contributed by atoms with Gasteiger partial charge in [0.1, 0.15) is 0 Å². The predicted octanol–water partition coefficient (Wildman–Crippen LogP) is 1.89. The minimum Gasteiger partial charge on any atom is -0.480 e. The number of anilines is 2. The Kier molecular flexibility index (Phi) is 4.72. The molecule has 1 saturated heterocycles. The number of para-hydroxylation sites is 2. The summed E-state index contributed by atoms with van der Waals surface area (Å²) in [5.74, 6) is -1.36. The van der Waals surface area contributed by atoms with Crippen LogP contribution in [-0.4, -0.2) is 37.8 Å². The largest absolute Gasteiger partial charge is 0.480 e. The Labute approximate surface area is 124 Å². The minimum absolute atomic E-state index is 0.438. The topological polar surface area (TPSA) is 86.7 Å². The lowest BCUT2D eigenvalue weighted by molar-refractivity contribution is -0.136. The van der Waals surface area contributed by atoms with Crippen LogP contribution in [0.2, 0.25) is 0 Å². The molecular formula is C14H20N2O4S. The van der Waals surface area contributed by atoms with E-state index >= 15 is 0 Å². The molecule has 21 heavy (non-hydrogen) atoms. The first-order valence-corrected chi connectivity index (χ1v) is 8.55. The molecule has 1 aromatic carbocycles. The first kappa shape index (κ1) is 15.6. The summed E-state index contributed by atoms with van der Waals surface area (Å²) in [5.41, 5.74) is 1.24. The van der Waals surface area contributed by atoms with Gasteiger partial charge in [-0.2, -0.15) is 0 Å². The Morgan fingerprint density at radius 1 is 1.24 bits per heavy atom. The summed E-state index contributed by atoms with van der Waals surface area (Å²) in [6, 6.07) is 7.10. The third-order valence-electron chi connectivity index (χ3n) is 3.67. The van der Waals surface area contributed by atoms with E-state index in [-0.39, 0.29) is 0 Å². The van der Waals surface area contributed by atoms with Crippen molar-refractivity contribution in [1.82, 2.24) is 0 Å². The van der Waals surface area contributed by atoms with Crippen molar-refractivity contribution in [2.75, 3.05) is 22.7 Å². The van der Waals surface area contributed by atoms with Gasteiger partial charge in [0.2, 0.25) is 10.0 Å². The second kappa shape index (κ2) is 6.34. The number of hydrogen-bond donors (Lipinski definition) is 2. The summed E-state index contributed by atoms with van der Waals surface area (Å²) >= 11 is 0. The van der Waals surface area contributed by atoms with Crippen molar-refractivity contribution < 1.29 is 18.3 Å². The summed E-state index contributed by atoms with van der Waals surface area (Å²) in [6.45, 7) is 2.93. The van der Waals surface area contributed by atoms with Crippen LogP contribution in [0.1, 0.15) is 26.2 Å². The van der Waals surface area contributed by atoms with E-state index in [9.17, 15) is 13.2 Å². The number of piperidine rings is 1. The van der Waals surface area contributed by atoms with Gasteiger partial charge in [-0.1, -0.05) is 12.1 Å². The number of carboxylic acids is 1. The zero-order valence-electron chi connectivity index (χ0n) is 11.9. The van der Waals surface area contributed by atoms with Crippen molar-refractivity contribution in [2.45, 2.75) is 31.4 Å². The molecule has 1 atom stereocenters. The average molecular weight is 312 g/mol. The molecule has 0 saturated carbocycles. The van der Waals surface area contributed by atoms with Gasteiger partial charge in [-0.25, -0.2) is 8.42 Å². The molecule has 0 aliphatic carbocycles. The van der Waals surface area contributed by atoms with E-state index in [2.05, 4.69) is 9.62 Å². The van der Waals surface area contributed by atoms with Gasteiger partial charge in [-0.05, 0) is 38.3 Å². The van der Waals surface area contributed by atoms with E-state index < -0.39 is 21.2 Å². The Morgan fingerprint density at radius 2 is 1.86 bits per heavy atom. The number of rotatable bonds is 5. The molecule has 1 aliphatic rings. The van der Waals surface area contributed by atoms with E-state index in [1.165, 1.54) is 6.42 Å². The smallest absolute Gasteiger partial charge is 0.323 e. The minimum atomic E-state index is -3.95. The van der Waals surface area contributed by atoms with Crippen molar-refractivity contribution >= 4 is 27.4 Å². The van der Waals surface area contributed by atoms with Crippen LogP contribution in [0.25, 0.3) is 0 Å². The van der Waals surface area contributed by atoms with Crippen LogP contribution in [-0.2, 0) is 14.8 Å². The number of nitrogens with one attached hydrogen (secondary N) is 1. The van der Waals surface area contributed by atoms with Crippen LogP contribution in [0.15, 0.2) is 24.3 Å². The lowest BCUT2D eigenvalue weighted by atomic mass is 10.1. The number of aliphatic carboxylic acids is 1. The van der Waals surface area contributed by atoms with Gasteiger partial charge < -0.3 is 10.0 Å². The van der Waals surface area contributed by atoms with Crippen LogP contribution in [0.3, 0.4) is 0 Å². The van der Waals surface area contributed by atoms with Crippen molar-refractivity contribution in [2.24, 2.45) is 0 Å². The maximum absolute atomic E-state index is 12.1. The maximum Gasteiger partial charge on any atom is 0.323 e. The van der Waals surface area contributed by atoms with E-state index in [4.69, 9.17) is 5.11 Å². The number of hydrogen-bond acceptors (Lipinski definition) is 4. The van der Waals surface area contributed by atoms with E-state index in [1.807, 2.05) is 12.1 Å². The highest BCUT2D eigenvalue weighted by Gasteiger charge is 2.28. The Morgan fingerprint density at radius 3 is 2.48 bits per heavy atom. The Bertz CT molecular complexity index is 609. The molecule has 2 N–H and O–H groups in total. The van der Waals surface area contributed by atoms with Gasteiger partial charge in [-0.15, -0.1) is 0 Å². The Balaban J connectivity index is 2.26. The fraction of sp³-hybridized carbons (Fsp3) is 0.500. The van der Waals surface area contributed by atoms with Gasteiger partial charge in [0.05, 0.1) is 11.4 Å². The van der Waals surface area contributed by atoms with Crippen LogP contribution in [0.4, 0.5) is 11.4 Å². The molecule has 1 aliphatic heterocycles. The molecule has 1 unspecified atom stereocenters. The van der Waals surface area contributed by atoms with Gasteiger partial charge in [0.25, 0.3) is 0 Å². The molecule has 116 valence electrons. The second-order valence-electron chi connectivity index (χ2n) is 5.19. The van der Waals surface area contributed by atoms with Gasteiger partial charge in [-0.3, -0.25) is 9.52 Å². The highest BCUT2D eigenvalue weighted by Crippen LogP contribution is 2.29. The monoisotopic (exact) mass is 312 g/mol. The molecule has 7 heteroatoms. The lowest BCUT2D eigenvalue weighted by Crippen LogP contribution is -2.34. The molecule has 0 bridgehead atoms. The summed E-state index contributed by atoms with van der Waals surface area (Å²) < 4.78 is 26.5. The molecule has 1 heterocycles.